The van der Waals surface area contributed by atoms with E-state index in [-0.39, 0.29) is 6.04 Å². The van der Waals surface area contributed by atoms with Crippen LogP contribution in [0.1, 0.15) is 19.4 Å². The van der Waals surface area contributed by atoms with Crippen LogP contribution in [0.4, 0.5) is 0 Å². The second-order valence-corrected chi connectivity index (χ2v) is 6.36. The van der Waals surface area contributed by atoms with Crippen molar-refractivity contribution in [3.8, 4) is 0 Å². The highest BCUT2D eigenvalue weighted by Crippen LogP contribution is 2.25. The molecule has 3 nitrogen and oxygen atoms in total. The van der Waals surface area contributed by atoms with E-state index in [2.05, 4.69) is 18.2 Å². The van der Waals surface area contributed by atoms with Crippen molar-refractivity contribution in [1.29, 1.82) is 0 Å². The molecular weight excluding hydrogens is 222 g/mol. The van der Waals surface area contributed by atoms with E-state index in [4.69, 9.17) is 4.18 Å². The number of nitrogens with zero attached hydrogens (tertiary/aromatic N) is 1. The van der Waals surface area contributed by atoms with Gasteiger partial charge in [-0.1, -0.05) is 31.5 Å². The Morgan fingerprint density at radius 1 is 1.38 bits per heavy atom. The maximum absolute atomic E-state index is 12.4. The Hall–Kier alpha value is -0.870. The average Bonchev–Trinajstić information content (AvgIpc) is 2.63. The Bertz CT molecular complexity index is 484. The molecule has 0 aliphatic carbocycles. The lowest BCUT2D eigenvalue weighted by Crippen LogP contribution is -2.13. The molecule has 1 aliphatic heterocycles. The Balaban J connectivity index is 2.37. The lowest BCUT2D eigenvalue weighted by Gasteiger charge is -2.06. The van der Waals surface area contributed by atoms with Gasteiger partial charge in [0.2, 0.25) is 0 Å². The number of benzene rings is 1. The summed E-state index contributed by atoms with van der Waals surface area (Å²) in [4.78, 5) is 0.682. The average molecular weight is 239 g/mol. The van der Waals surface area contributed by atoms with Gasteiger partial charge in [0, 0.05) is 0 Å². The summed E-state index contributed by atoms with van der Waals surface area (Å²) in [7, 11) is -2.62. The molecule has 88 valence electrons. The van der Waals surface area contributed by atoms with Crippen molar-refractivity contribution in [2.24, 2.45) is 10.3 Å². The minimum atomic E-state index is -2.62. The van der Waals surface area contributed by atoms with Crippen molar-refractivity contribution in [3.05, 3.63) is 29.8 Å². The second-order valence-electron chi connectivity index (χ2n) is 4.49. The summed E-state index contributed by atoms with van der Waals surface area (Å²) in [6, 6.07) is 7.59. The summed E-state index contributed by atoms with van der Waals surface area (Å²) in [5.74, 6) is 0.369. The number of aryl methyl sites for hydroxylation is 1. The molecule has 0 bridgehead atoms. The topological polar surface area (TPSA) is 38.7 Å². The lowest BCUT2D eigenvalue weighted by atomic mass is 10.1. The first-order valence-corrected chi connectivity index (χ1v) is 6.92. The van der Waals surface area contributed by atoms with E-state index in [0.29, 0.717) is 17.4 Å². The molecule has 0 aromatic heterocycles. The van der Waals surface area contributed by atoms with Crippen molar-refractivity contribution >= 4 is 10.0 Å². The zero-order valence-corrected chi connectivity index (χ0v) is 10.7. The SMILES string of the molecule is Cc1ccc([S@]2(=O)=N[C@H](C(C)C)CO2)cc1. The summed E-state index contributed by atoms with van der Waals surface area (Å²) in [6.45, 7) is 6.60. The fourth-order valence-electron chi connectivity index (χ4n) is 1.55. The maximum atomic E-state index is 12.4. The third-order valence-electron chi connectivity index (χ3n) is 2.76. The first-order valence-electron chi connectivity index (χ1n) is 5.48. The van der Waals surface area contributed by atoms with E-state index in [1.54, 1.807) is 0 Å². The number of rotatable bonds is 2. The monoisotopic (exact) mass is 239 g/mol. The molecule has 2 atom stereocenters. The van der Waals surface area contributed by atoms with Crippen LogP contribution in [0.25, 0.3) is 0 Å². The summed E-state index contributed by atoms with van der Waals surface area (Å²) in [5.41, 5.74) is 1.14. The summed E-state index contributed by atoms with van der Waals surface area (Å²) in [6.07, 6.45) is 0. The highest BCUT2D eigenvalue weighted by Gasteiger charge is 2.27. The number of hydrogen-bond acceptors (Lipinski definition) is 3. The molecule has 16 heavy (non-hydrogen) atoms. The first kappa shape index (κ1) is 11.6. The molecule has 1 aromatic carbocycles. The van der Waals surface area contributed by atoms with Crippen LogP contribution < -0.4 is 0 Å². The smallest absolute Gasteiger partial charge is 0.193 e. The van der Waals surface area contributed by atoms with E-state index >= 15 is 0 Å². The molecule has 1 heterocycles. The maximum Gasteiger partial charge on any atom is 0.193 e. The van der Waals surface area contributed by atoms with E-state index in [1.165, 1.54) is 0 Å². The highest BCUT2D eigenvalue weighted by atomic mass is 32.2. The van der Waals surface area contributed by atoms with Crippen LogP contribution in [0.3, 0.4) is 0 Å². The van der Waals surface area contributed by atoms with Crippen LogP contribution in [-0.2, 0) is 14.2 Å². The standard InChI is InChI=1S/C12H17NO2S/c1-9(2)12-8-15-16(14,13-12)11-6-4-10(3)5-7-11/h4-7,9,12H,8H2,1-3H3/t12-,16+/m0/s1. The van der Waals surface area contributed by atoms with E-state index < -0.39 is 10.0 Å². The zero-order valence-electron chi connectivity index (χ0n) is 9.84. The summed E-state index contributed by atoms with van der Waals surface area (Å²) in [5, 5.41) is 0. The molecule has 0 amide bonds. The van der Waals surface area contributed by atoms with Crippen molar-refractivity contribution in [3.63, 3.8) is 0 Å². The quantitative estimate of drug-likeness (QED) is 0.796. The van der Waals surface area contributed by atoms with Gasteiger partial charge >= 0.3 is 0 Å². The molecule has 2 rings (SSSR count). The molecule has 0 spiro atoms. The van der Waals surface area contributed by atoms with Crippen LogP contribution in [0.5, 0.6) is 0 Å². The van der Waals surface area contributed by atoms with Gasteiger partial charge in [-0.05, 0) is 25.0 Å². The third-order valence-corrected chi connectivity index (χ3v) is 4.63. The summed E-state index contributed by atoms with van der Waals surface area (Å²) < 4.78 is 22.2. The molecular formula is C12H17NO2S. The predicted molar refractivity (Wildman–Crippen MR) is 64.6 cm³/mol. The van der Waals surface area contributed by atoms with Gasteiger partial charge in [0.15, 0.2) is 10.0 Å². The van der Waals surface area contributed by atoms with Crippen LogP contribution in [0.2, 0.25) is 0 Å². The van der Waals surface area contributed by atoms with Crippen LogP contribution >= 0.6 is 0 Å². The first-order chi connectivity index (χ1) is 7.51. The number of hydrogen-bond donors (Lipinski definition) is 0. The fraction of sp³-hybridized carbons (Fsp3) is 0.500. The molecule has 0 N–H and O–H groups in total. The van der Waals surface area contributed by atoms with E-state index in [9.17, 15) is 4.21 Å². The highest BCUT2D eigenvalue weighted by molar-refractivity contribution is 7.89. The minimum Gasteiger partial charge on any atom is -0.279 e. The molecule has 0 saturated heterocycles. The Morgan fingerprint density at radius 2 is 2.00 bits per heavy atom. The summed E-state index contributed by atoms with van der Waals surface area (Å²) >= 11 is 0. The Kier molecular flexibility index (Phi) is 3.04. The van der Waals surface area contributed by atoms with Crippen LogP contribution in [-0.4, -0.2) is 16.9 Å². The fourth-order valence-corrected chi connectivity index (χ4v) is 3.34. The van der Waals surface area contributed by atoms with Gasteiger partial charge in [0.25, 0.3) is 0 Å². The van der Waals surface area contributed by atoms with Crippen LogP contribution in [0, 0.1) is 12.8 Å². The molecule has 1 aliphatic rings. The van der Waals surface area contributed by atoms with Crippen molar-refractivity contribution in [2.45, 2.75) is 31.7 Å². The minimum absolute atomic E-state index is 0.0498. The Morgan fingerprint density at radius 3 is 2.50 bits per heavy atom. The largest absolute Gasteiger partial charge is 0.279 e. The van der Waals surface area contributed by atoms with E-state index in [0.717, 1.165) is 5.56 Å². The molecule has 0 radical (unpaired) electrons. The lowest BCUT2D eigenvalue weighted by molar-refractivity contribution is 0.312. The predicted octanol–water partition coefficient (Wildman–Crippen LogP) is 2.79. The molecule has 1 aromatic rings. The van der Waals surface area contributed by atoms with Gasteiger partial charge in [-0.15, -0.1) is 0 Å². The van der Waals surface area contributed by atoms with Gasteiger partial charge in [-0.2, -0.15) is 0 Å². The molecule has 4 heteroatoms. The van der Waals surface area contributed by atoms with Gasteiger partial charge in [0.1, 0.15) is 0 Å². The normalized spacial score (nSPS) is 29.4. The van der Waals surface area contributed by atoms with Gasteiger partial charge in [-0.25, -0.2) is 8.57 Å². The van der Waals surface area contributed by atoms with Gasteiger partial charge < -0.3 is 0 Å². The molecule has 0 fully saturated rings. The molecule has 0 saturated carbocycles. The van der Waals surface area contributed by atoms with Gasteiger partial charge in [-0.3, -0.25) is 4.18 Å². The second kappa shape index (κ2) is 4.18. The Labute approximate surface area is 97.2 Å². The van der Waals surface area contributed by atoms with E-state index in [1.807, 2.05) is 31.2 Å². The zero-order chi connectivity index (χ0) is 11.8. The third kappa shape index (κ3) is 2.13. The molecule has 0 unspecified atom stereocenters. The van der Waals surface area contributed by atoms with Crippen molar-refractivity contribution in [2.75, 3.05) is 6.61 Å². The van der Waals surface area contributed by atoms with Gasteiger partial charge in [0.05, 0.1) is 17.5 Å². The van der Waals surface area contributed by atoms with Crippen molar-refractivity contribution in [1.82, 2.24) is 0 Å². The van der Waals surface area contributed by atoms with Crippen LogP contribution in [0.15, 0.2) is 33.5 Å². The van der Waals surface area contributed by atoms with Crippen molar-refractivity contribution < 1.29 is 8.39 Å².